The van der Waals surface area contributed by atoms with Crippen LogP contribution in [-0.4, -0.2) is 41.1 Å². The van der Waals surface area contributed by atoms with Gasteiger partial charge in [0, 0.05) is 37.0 Å². The number of piperidine rings is 1. The van der Waals surface area contributed by atoms with E-state index in [0.717, 1.165) is 0 Å². The van der Waals surface area contributed by atoms with Crippen LogP contribution in [0.3, 0.4) is 0 Å². The third-order valence-electron chi connectivity index (χ3n) is 4.87. The number of nitrogens with zero attached hydrogens (tertiary/aromatic N) is 1. The van der Waals surface area contributed by atoms with E-state index in [1.54, 1.807) is 24.3 Å². The van der Waals surface area contributed by atoms with Crippen LogP contribution in [0.25, 0.3) is 0 Å². The first-order valence-corrected chi connectivity index (χ1v) is 8.48. The van der Waals surface area contributed by atoms with E-state index in [-0.39, 0.29) is 31.5 Å². The van der Waals surface area contributed by atoms with E-state index >= 15 is 0 Å². The van der Waals surface area contributed by atoms with E-state index in [4.69, 9.17) is 16.7 Å². The number of carboxylic acids is 1. The molecule has 7 heteroatoms. The second-order valence-electron chi connectivity index (χ2n) is 6.65. The van der Waals surface area contributed by atoms with Gasteiger partial charge in [0.1, 0.15) is 5.67 Å². The monoisotopic (exact) mass is 354 g/mol. The van der Waals surface area contributed by atoms with Crippen molar-refractivity contribution in [1.29, 1.82) is 0 Å². The van der Waals surface area contributed by atoms with Crippen molar-refractivity contribution in [3.63, 3.8) is 0 Å². The summed E-state index contributed by atoms with van der Waals surface area (Å²) < 4.78 is 14.8. The van der Waals surface area contributed by atoms with Gasteiger partial charge in [0.05, 0.1) is 5.92 Å². The SMILES string of the molecule is O=C(O)C1CCCN(C(=O)NC2CC(F)(c3cccc(Cl)c3)C2)C1. The van der Waals surface area contributed by atoms with Gasteiger partial charge in [-0.3, -0.25) is 4.79 Å². The van der Waals surface area contributed by atoms with Gasteiger partial charge >= 0.3 is 12.0 Å². The van der Waals surface area contributed by atoms with Crippen molar-refractivity contribution in [2.45, 2.75) is 37.4 Å². The van der Waals surface area contributed by atoms with Gasteiger partial charge in [-0.05, 0) is 30.5 Å². The molecule has 2 fully saturated rings. The van der Waals surface area contributed by atoms with Gasteiger partial charge in [-0.2, -0.15) is 0 Å². The molecule has 0 spiro atoms. The Bertz CT molecular complexity index is 648. The molecule has 1 aromatic rings. The number of urea groups is 1. The van der Waals surface area contributed by atoms with Gasteiger partial charge in [-0.1, -0.05) is 23.7 Å². The maximum Gasteiger partial charge on any atom is 0.317 e. The molecule has 1 heterocycles. The fourth-order valence-electron chi connectivity index (χ4n) is 3.46. The maximum absolute atomic E-state index is 14.8. The van der Waals surface area contributed by atoms with E-state index in [2.05, 4.69) is 5.32 Å². The molecule has 1 saturated heterocycles. The fraction of sp³-hybridized carbons (Fsp3) is 0.529. The Labute approximate surface area is 144 Å². The molecule has 1 atom stereocenters. The van der Waals surface area contributed by atoms with Crippen LogP contribution in [-0.2, 0) is 10.5 Å². The van der Waals surface area contributed by atoms with Gasteiger partial charge in [-0.15, -0.1) is 0 Å². The Morgan fingerprint density at radius 1 is 1.38 bits per heavy atom. The zero-order valence-electron chi connectivity index (χ0n) is 13.2. The number of amides is 2. The summed E-state index contributed by atoms with van der Waals surface area (Å²) in [4.78, 5) is 24.8. The number of likely N-dealkylation sites (tertiary alicyclic amines) is 1. The molecule has 1 aliphatic carbocycles. The molecule has 2 aliphatic rings. The molecule has 1 aromatic carbocycles. The highest BCUT2D eigenvalue weighted by atomic mass is 35.5. The quantitative estimate of drug-likeness (QED) is 0.875. The lowest BCUT2D eigenvalue weighted by Gasteiger charge is -2.43. The zero-order chi connectivity index (χ0) is 17.3. The van der Waals surface area contributed by atoms with E-state index in [1.165, 1.54) is 4.90 Å². The van der Waals surface area contributed by atoms with Crippen molar-refractivity contribution in [1.82, 2.24) is 10.2 Å². The van der Waals surface area contributed by atoms with Crippen LogP contribution in [0.1, 0.15) is 31.2 Å². The molecule has 5 nitrogen and oxygen atoms in total. The molecule has 24 heavy (non-hydrogen) atoms. The highest BCUT2D eigenvalue weighted by molar-refractivity contribution is 6.30. The Kier molecular flexibility index (Phi) is 4.67. The standard InChI is InChI=1S/C17H20ClFN2O3/c18-13-5-1-4-12(7-13)17(19)8-14(9-17)20-16(24)21-6-2-3-11(10-21)15(22)23/h1,4-5,7,11,14H,2-3,6,8-10H2,(H,20,24)(H,22,23). The van der Waals surface area contributed by atoms with Crippen LogP contribution in [0.15, 0.2) is 24.3 Å². The third kappa shape index (κ3) is 3.48. The summed E-state index contributed by atoms with van der Waals surface area (Å²) in [5, 5.41) is 12.4. The number of nitrogens with one attached hydrogen (secondary N) is 1. The topological polar surface area (TPSA) is 69.6 Å². The Morgan fingerprint density at radius 2 is 2.12 bits per heavy atom. The van der Waals surface area contributed by atoms with Crippen molar-refractivity contribution in [2.24, 2.45) is 5.92 Å². The van der Waals surface area contributed by atoms with Crippen LogP contribution in [0.2, 0.25) is 5.02 Å². The number of hydrogen-bond acceptors (Lipinski definition) is 2. The molecule has 2 amide bonds. The van der Waals surface area contributed by atoms with Crippen molar-refractivity contribution in [2.75, 3.05) is 13.1 Å². The number of aliphatic carboxylic acids is 1. The molecular formula is C17H20ClFN2O3. The summed E-state index contributed by atoms with van der Waals surface area (Å²) in [5.74, 6) is -1.39. The van der Waals surface area contributed by atoms with E-state index in [0.29, 0.717) is 30.0 Å². The summed E-state index contributed by atoms with van der Waals surface area (Å²) in [6, 6.07) is 6.17. The zero-order valence-corrected chi connectivity index (χ0v) is 13.9. The number of halogens is 2. The molecule has 0 aromatic heterocycles. The van der Waals surface area contributed by atoms with E-state index < -0.39 is 17.6 Å². The smallest absolute Gasteiger partial charge is 0.317 e. The predicted molar refractivity (Wildman–Crippen MR) is 87.7 cm³/mol. The lowest BCUT2D eigenvalue weighted by molar-refractivity contribution is -0.143. The summed E-state index contributed by atoms with van der Waals surface area (Å²) in [6.07, 6.45) is 1.67. The Morgan fingerprint density at radius 3 is 2.79 bits per heavy atom. The maximum atomic E-state index is 14.8. The van der Waals surface area contributed by atoms with Gasteiger partial charge in [-0.25, -0.2) is 9.18 Å². The first-order valence-electron chi connectivity index (χ1n) is 8.10. The lowest BCUT2D eigenvalue weighted by atomic mass is 9.73. The summed E-state index contributed by atoms with van der Waals surface area (Å²) in [5.41, 5.74) is -0.932. The summed E-state index contributed by atoms with van der Waals surface area (Å²) >= 11 is 5.90. The third-order valence-corrected chi connectivity index (χ3v) is 5.10. The minimum Gasteiger partial charge on any atom is -0.481 e. The van der Waals surface area contributed by atoms with Crippen molar-refractivity contribution in [3.05, 3.63) is 34.9 Å². The molecular weight excluding hydrogens is 335 g/mol. The van der Waals surface area contributed by atoms with Crippen molar-refractivity contribution < 1.29 is 19.1 Å². The molecule has 1 aliphatic heterocycles. The Balaban J connectivity index is 1.53. The minimum absolute atomic E-state index is 0.204. The van der Waals surface area contributed by atoms with Crippen LogP contribution in [0.4, 0.5) is 9.18 Å². The highest BCUT2D eigenvalue weighted by Gasteiger charge is 2.47. The van der Waals surface area contributed by atoms with Gasteiger partial charge in [0.25, 0.3) is 0 Å². The molecule has 0 radical (unpaired) electrons. The first-order chi connectivity index (χ1) is 11.4. The number of hydrogen-bond donors (Lipinski definition) is 2. The second-order valence-corrected chi connectivity index (χ2v) is 7.09. The lowest BCUT2D eigenvalue weighted by Crippen LogP contribution is -2.56. The summed E-state index contributed by atoms with van der Waals surface area (Å²) in [6.45, 7) is 0.750. The molecule has 0 bridgehead atoms. The van der Waals surface area contributed by atoms with Crippen LogP contribution >= 0.6 is 11.6 Å². The molecule has 2 N–H and O–H groups in total. The average Bonchev–Trinajstić information content (AvgIpc) is 2.53. The molecule has 1 unspecified atom stereocenters. The van der Waals surface area contributed by atoms with Crippen LogP contribution < -0.4 is 5.32 Å². The van der Waals surface area contributed by atoms with Crippen molar-refractivity contribution in [3.8, 4) is 0 Å². The van der Waals surface area contributed by atoms with E-state index in [9.17, 15) is 14.0 Å². The number of carbonyl (C=O) groups excluding carboxylic acids is 1. The number of rotatable bonds is 3. The largest absolute Gasteiger partial charge is 0.481 e. The number of carboxylic acid groups (broad SMARTS) is 1. The van der Waals surface area contributed by atoms with E-state index in [1.807, 2.05) is 0 Å². The average molecular weight is 355 g/mol. The minimum atomic E-state index is -1.46. The number of carbonyl (C=O) groups is 2. The van der Waals surface area contributed by atoms with Gasteiger partial charge in [0.15, 0.2) is 0 Å². The normalized spacial score (nSPS) is 29.7. The summed E-state index contributed by atoms with van der Waals surface area (Å²) in [7, 11) is 0. The molecule has 1 saturated carbocycles. The van der Waals surface area contributed by atoms with Crippen molar-refractivity contribution >= 4 is 23.6 Å². The molecule has 3 rings (SSSR count). The number of alkyl halides is 1. The van der Waals surface area contributed by atoms with Crippen LogP contribution in [0.5, 0.6) is 0 Å². The Hall–Kier alpha value is -1.82. The second kappa shape index (κ2) is 6.59. The molecule has 130 valence electrons. The first kappa shape index (κ1) is 17.0. The van der Waals surface area contributed by atoms with Gasteiger partial charge < -0.3 is 15.3 Å². The highest BCUT2D eigenvalue weighted by Crippen LogP contribution is 2.45. The van der Waals surface area contributed by atoms with Gasteiger partial charge in [0.2, 0.25) is 0 Å². The van der Waals surface area contributed by atoms with Crippen LogP contribution in [0, 0.1) is 5.92 Å². The number of benzene rings is 1. The fourth-order valence-corrected chi connectivity index (χ4v) is 3.65. The predicted octanol–water partition coefficient (Wildman–Crippen LogP) is 3.17.